The molecule has 1 unspecified atom stereocenters. The van der Waals surface area contributed by atoms with Gasteiger partial charge in [0.15, 0.2) is 6.10 Å². The molecule has 1 aromatic carbocycles. The Morgan fingerprint density at radius 1 is 1.19 bits per heavy atom. The zero-order chi connectivity index (χ0) is 22.1. The second-order valence-corrected chi connectivity index (χ2v) is 8.12. The molecule has 2 fully saturated rings. The fourth-order valence-electron chi connectivity index (χ4n) is 3.69. The highest BCUT2D eigenvalue weighted by Gasteiger charge is 2.34. The Bertz CT molecular complexity index is 1140. The Morgan fingerprint density at radius 3 is 2.81 bits per heavy atom. The van der Waals surface area contributed by atoms with Gasteiger partial charge in [-0.1, -0.05) is 0 Å². The van der Waals surface area contributed by atoms with Gasteiger partial charge in [-0.15, -0.1) is 0 Å². The molecule has 32 heavy (non-hydrogen) atoms. The van der Waals surface area contributed by atoms with Crippen LogP contribution in [0.15, 0.2) is 42.7 Å². The number of aromatic nitrogens is 3. The van der Waals surface area contributed by atoms with Crippen LogP contribution in [0.3, 0.4) is 0 Å². The molecule has 0 N–H and O–H groups in total. The molecule has 9 heteroatoms. The Morgan fingerprint density at radius 2 is 2.06 bits per heavy atom. The van der Waals surface area contributed by atoms with E-state index in [-0.39, 0.29) is 18.4 Å². The van der Waals surface area contributed by atoms with Gasteiger partial charge in [-0.25, -0.2) is 4.98 Å². The van der Waals surface area contributed by atoms with E-state index in [4.69, 9.17) is 9.47 Å². The molecule has 1 aliphatic heterocycles. The van der Waals surface area contributed by atoms with Crippen LogP contribution in [0.1, 0.15) is 19.3 Å². The number of pyridine rings is 1. The van der Waals surface area contributed by atoms with Crippen molar-refractivity contribution in [2.75, 3.05) is 25.2 Å². The minimum atomic E-state index is -0.567. The van der Waals surface area contributed by atoms with Gasteiger partial charge in [0.05, 0.1) is 25.4 Å². The van der Waals surface area contributed by atoms with Crippen LogP contribution in [0.25, 0.3) is 10.9 Å². The van der Waals surface area contributed by atoms with E-state index in [1.165, 1.54) is 24.6 Å². The number of fused-ring (bicyclic) bond motifs is 1. The highest BCUT2D eigenvalue weighted by atomic mass is 16.5. The fraction of sp³-hybridized carbons (Fsp3) is 0.391. The Labute approximate surface area is 184 Å². The van der Waals surface area contributed by atoms with Crippen LogP contribution < -0.4 is 14.4 Å². The van der Waals surface area contributed by atoms with Crippen molar-refractivity contribution in [3.8, 4) is 11.6 Å². The molecule has 1 aliphatic carbocycles. The van der Waals surface area contributed by atoms with E-state index in [0.717, 1.165) is 11.1 Å². The maximum Gasteiger partial charge on any atom is 0.327 e. The summed E-state index contributed by atoms with van der Waals surface area (Å²) in [6.45, 7) is 1.29. The number of benzene rings is 1. The van der Waals surface area contributed by atoms with E-state index < -0.39 is 6.10 Å². The van der Waals surface area contributed by atoms with Crippen molar-refractivity contribution in [1.29, 1.82) is 0 Å². The van der Waals surface area contributed by atoms with E-state index >= 15 is 0 Å². The molecule has 0 radical (unpaired) electrons. The molecular formula is C23H24N4O5. The quantitative estimate of drug-likeness (QED) is 0.501. The summed E-state index contributed by atoms with van der Waals surface area (Å²) >= 11 is 0. The van der Waals surface area contributed by atoms with E-state index in [9.17, 15) is 9.59 Å². The van der Waals surface area contributed by atoms with E-state index in [0.29, 0.717) is 42.6 Å². The highest BCUT2D eigenvalue weighted by molar-refractivity contribution is 6.00. The first kappa shape index (κ1) is 20.3. The van der Waals surface area contributed by atoms with Gasteiger partial charge in [0, 0.05) is 36.3 Å². The van der Waals surface area contributed by atoms with E-state index in [1.807, 2.05) is 18.2 Å². The monoisotopic (exact) mass is 436 g/mol. The maximum atomic E-state index is 13.0. The molecule has 1 saturated carbocycles. The Kier molecular flexibility index (Phi) is 5.38. The molecule has 1 atom stereocenters. The zero-order valence-corrected chi connectivity index (χ0v) is 17.8. The number of anilines is 1. The van der Waals surface area contributed by atoms with Crippen molar-refractivity contribution < 1.29 is 23.8 Å². The smallest absolute Gasteiger partial charge is 0.327 e. The zero-order valence-electron chi connectivity index (χ0n) is 17.8. The highest BCUT2D eigenvalue weighted by Crippen LogP contribution is 2.30. The van der Waals surface area contributed by atoms with Crippen LogP contribution in [0, 0.1) is 5.92 Å². The van der Waals surface area contributed by atoms with Crippen LogP contribution in [-0.2, 0) is 20.9 Å². The summed E-state index contributed by atoms with van der Waals surface area (Å²) in [5.41, 5.74) is 1.45. The summed E-state index contributed by atoms with van der Waals surface area (Å²) in [5.74, 6) is 1.30. The van der Waals surface area contributed by atoms with E-state index in [1.54, 1.807) is 29.4 Å². The first-order chi connectivity index (χ1) is 15.6. The van der Waals surface area contributed by atoms with Gasteiger partial charge >= 0.3 is 5.97 Å². The molecule has 9 nitrogen and oxygen atoms in total. The van der Waals surface area contributed by atoms with Crippen molar-refractivity contribution in [3.05, 3.63) is 42.7 Å². The van der Waals surface area contributed by atoms with Crippen molar-refractivity contribution in [2.45, 2.75) is 31.9 Å². The van der Waals surface area contributed by atoms with Gasteiger partial charge in [-0.05, 0) is 43.0 Å². The Balaban J connectivity index is 1.23. The van der Waals surface area contributed by atoms with E-state index in [2.05, 4.69) is 14.8 Å². The predicted octanol–water partition coefficient (Wildman–Crippen LogP) is 2.58. The summed E-state index contributed by atoms with van der Waals surface area (Å²) in [5, 5.41) is 5.29. The van der Waals surface area contributed by atoms with Crippen LogP contribution in [0.5, 0.6) is 11.6 Å². The number of carbonyl (C=O) groups excluding carboxylic acids is 2. The number of hydrogen-bond donors (Lipinski definition) is 0. The third kappa shape index (κ3) is 4.37. The fourth-order valence-corrected chi connectivity index (χ4v) is 3.69. The van der Waals surface area contributed by atoms with Crippen molar-refractivity contribution in [3.63, 3.8) is 0 Å². The average molecular weight is 436 g/mol. The summed E-state index contributed by atoms with van der Waals surface area (Å²) in [6.07, 6.45) is 5.83. The largest absolute Gasteiger partial charge is 0.479 e. The number of carbonyl (C=O) groups is 2. The lowest BCUT2D eigenvalue weighted by molar-refractivity contribution is -0.141. The second-order valence-electron chi connectivity index (χ2n) is 8.12. The second kappa shape index (κ2) is 8.49. The number of ether oxygens (including phenoxy) is 3. The number of esters is 1. The number of amides is 1. The minimum absolute atomic E-state index is 0.0392. The number of nitrogens with zero attached hydrogens (tertiary/aromatic N) is 4. The molecule has 1 amide bonds. The molecule has 3 heterocycles. The van der Waals surface area contributed by atoms with Gasteiger partial charge in [0.2, 0.25) is 5.88 Å². The van der Waals surface area contributed by atoms with Gasteiger partial charge in [-0.3, -0.25) is 14.3 Å². The molecule has 0 spiro atoms. The molecule has 1 saturated heterocycles. The topological polar surface area (TPSA) is 95.8 Å². The van der Waals surface area contributed by atoms with Crippen LogP contribution >= 0.6 is 0 Å². The third-order valence-corrected chi connectivity index (χ3v) is 5.68. The number of hydrogen-bond acceptors (Lipinski definition) is 7. The summed E-state index contributed by atoms with van der Waals surface area (Å²) in [6, 6.07) is 9.16. The average Bonchev–Trinajstić information content (AvgIpc) is 3.45. The molecule has 2 aliphatic rings. The summed E-state index contributed by atoms with van der Waals surface area (Å²) in [7, 11) is 1.34. The van der Waals surface area contributed by atoms with Crippen molar-refractivity contribution in [2.24, 2.45) is 5.92 Å². The first-order valence-electron chi connectivity index (χ1n) is 10.7. The maximum absolute atomic E-state index is 13.0. The van der Waals surface area contributed by atoms with Crippen LogP contribution in [0.4, 0.5) is 5.69 Å². The van der Waals surface area contributed by atoms with Gasteiger partial charge in [0.25, 0.3) is 5.91 Å². The van der Waals surface area contributed by atoms with Gasteiger partial charge < -0.3 is 19.1 Å². The molecule has 166 valence electrons. The normalized spacial score (nSPS) is 18.2. The lowest BCUT2D eigenvalue weighted by Crippen LogP contribution is -2.32. The molecular weight excluding hydrogens is 412 g/mol. The summed E-state index contributed by atoms with van der Waals surface area (Å²) < 4.78 is 17.8. The predicted molar refractivity (Wildman–Crippen MR) is 116 cm³/mol. The molecule has 5 rings (SSSR count). The number of methoxy groups -OCH3 is 1. The minimum Gasteiger partial charge on any atom is -0.479 e. The lowest BCUT2D eigenvalue weighted by atomic mass is 10.2. The summed E-state index contributed by atoms with van der Waals surface area (Å²) in [4.78, 5) is 30.4. The van der Waals surface area contributed by atoms with Crippen molar-refractivity contribution >= 4 is 28.5 Å². The molecule has 0 bridgehead atoms. The number of rotatable bonds is 8. The van der Waals surface area contributed by atoms with Gasteiger partial charge in [0.1, 0.15) is 12.3 Å². The SMILES string of the molecule is COC(=O)Cn1cc2ccc(N3CCC(Oc4ccc(OCC5CC5)nc4)C3=O)cc2n1. The Hall–Kier alpha value is -3.62. The standard InChI is InChI=1S/C23H24N4O5/c1-30-22(28)13-26-12-16-4-5-17(10-19(16)25-26)27-9-8-20(23(27)29)32-18-6-7-21(24-11-18)31-14-15-2-3-15/h4-7,10-12,15,20H,2-3,8-9,13-14H2,1H3. The lowest BCUT2D eigenvalue weighted by Gasteiger charge is -2.17. The first-order valence-corrected chi connectivity index (χ1v) is 10.7. The molecule has 2 aromatic heterocycles. The van der Waals surface area contributed by atoms with Crippen molar-refractivity contribution in [1.82, 2.24) is 14.8 Å². The van der Waals surface area contributed by atoms with Crippen LogP contribution in [0.2, 0.25) is 0 Å². The molecule has 3 aromatic rings. The third-order valence-electron chi connectivity index (χ3n) is 5.68. The van der Waals surface area contributed by atoms with Crippen LogP contribution in [-0.4, -0.2) is 53.0 Å². The van der Waals surface area contributed by atoms with Gasteiger partial charge in [-0.2, -0.15) is 5.10 Å².